The molecule has 0 nitrogen and oxygen atoms in total. The summed E-state index contributed by atoms with van der Waals surface area (Å²) >= 11 is 1.84. The highest BCUT2D eigenvalue weighted by Crippen LogP contribution is 2.50. The highest BCUT2D eigenvalue weighted by molar-refractivity contribution is 7.99. The van der Waals surface area contributed by atoms with Gasteiger partial charge >= 0.3 is 0 Å². The fraction of sp³-hybridized carbons (Fsp3) is 0. The molecule has 9 aromatic rings. The van der Waals surface area contributed by atoms with E-state index in [4.69, 9.17) is 6.85 Å². The van der Waals surface area contributed by atoms with Gasteiger partial charge in [-0.1, -0.05) is 151 Å². The van der Waals surface area contributed by atoms with Crippen LogP contribution in [0, 0.1) is 0 Å². The van der Waals surface area contributed by atoms with Crippen LogP contribution in [0.25, 0.3) is 87.6 Å². The van der Waals surface area contributed by atoms with E-state index in [1.54, 1.807) is 0 Å². The Labute approximate surface area is 273 Å². The Morgan fingerprint density at radius 1 is 0.378 bits per heavy atom. The summed E-state index contributed by atoms with van der Waals surface area (Å²) in [5.41, 5.74) is 8.02. The van der Waals surface area contributed by atoms with E-state index in [-0.39, 0.29) is 35.8 Å². The van der Waals surface area contributed by atoms with Crippen LogP contribution < -0.4 is 0 Å². The van der Waals surface area contributed by atoms with E-state index in [0.717, 1.165) is 49.0 Å². The van der Waals surface area contributed by atoms with Gasteiger partial charge in [0.15, 0.2) is 0 Å². The van der Waals surface area contributed by atoms with Crippen LogP contribution in [0.3, 0.4) is 0 Å². The fourth-order valence-corrected chi connectivity index (χ4v) is 8.47. The van der Waals surface area contributed by atoms with Crippen molar-refractivity contribution in [2.75, 3.05) is 0 Å². The molecule has 9 aromatic carbocycles. The largest absolute Gasteiger partial charge is 0.0888 e. The van der Waals surface area contributed by atoms with Gasteiger partial charge in [0.05, 0.1) is 6.85 Å². The van der Waals surface area contributed by atoms with Crippen LogP contribution in [-0.2, 0) is 0 Å². The van der Waals surface area contributed by atoms with E-state index in [0.29, 0.717) is 5.56 Å². The molecule has 10 rings (SSSR count). The fourth-order valence-electron chi connectivity index (χ4n) is 7.34. The normalized spacial score (nSPS) is 13.9. The molecule has 0 N–H and O–H groups in total. The number of fused-ring (bicyclic) bond motifs is 2. The van der Waals surface area contributed by atoms with Crippen molar-refractivity contribution in [2.24, 2.45) is 0 Å². The van der Waals surface area contributed by atoms with Gasteiger partial charge in [0, 0.05) is 15.2 Å². The number of benzene rings is 9. The Hall–Kier alpha value is -5.37. The summed E-state index contributed by atoms with van der Waals surface area (Å²) in [6.07, 6.45) is 0. The van der Waals surface area contributed by atoms with E-state index < -0.39 is 0 Å². The Morgan fingerprint density at radius 2 is 0.956 bits per heavy atom. The lowest BCUT2D eigenvalue weighted by Gasteiger charge is -2.22. The summed E-state index contributed by atoms with van der Waals surface area (Å²) in [7, 11) is 0. The first-order chi connectivity index (χ1) is 24.4. The van der Waals surface area contributed by atoms with Gasteiger partial charge in [0.25, 0.3) is 0 Å². The molecule has 0 aromatic heterocycles. The number of rotatable bonds is 3. The molecule has 1 aliphatic rings. The highest BCUT2D eigenvalue weighted by atomic mass is 32.2. The van der Waals surface area contributed by atoms with Crippen molar-refractivity contribution < 1.29 is 6.85 Å². The van der Waals surface area contributed by atoms with E-state index >= 15 is 0 Å². The van der Waals surface area contributed by atoms with Gasteiger partial charge in [-0.25, -0.2) is 0 Å². The first kappa shape index (κ1) is 20.6. The zero-order valence-corrected chi connectivity index (χ0v) is 24.8. The molecule has 0 fully saturated rings. The third-order valence-electron chi connectivity index (χ3n) is 9.32. The second-order valence-corrected chi connectivity index (χ2v) is 12.8. The van der Waals surface area contributed by atoms with Crippen LogP contribution >= 0.6 is 11.8 Å². The first-order valence-corrected chi connectivity index (χ1v) is 15.9. The van der Waals surface area contributed by atoms with Crippen molar-refractivity contribution in [3.8, 4) is 44.5 Å². The Balaban J connectivity index is 1.17. The maximum atomic E-state index is 8.69. The third kappa shape index (κ3) is 3.68. The smallest absolute Gasteiger partial charge is 0.0629 e. The minimum atomic E-state index is -0.384. The summed E-state index contributed by atoms with van der Waals surface area (Å²) in [5.74, 6) is 0. The second-order valence-electron chi connectivity index (χ2n) is 11.7. The van der Waals surface area contributed by atoms with Crippen LogP contribution in [0.2, 0.25) is 0 Å². The lowest BCUT2D eigenvalue weighted by molar-refractivity contribution is 1.40. The van der Waals surface area contributed by atoms with E-state index in [1.807, 2.05) is 30.0 Å². The first-order valence-electron chi connectivity index (χ1n) is 17.6. The van der Waals surface area contributed by atoms with E-state index in [1.165, 1.54) is 37.3 Å². The summed E-state index contributed by atoms with van der Waals surface area (Å²) in [6, 6.07) is 43.8. The molecule has 0 bridgehead atoms. The molecule has 0 spiro atoms. The molecule has 0 radical (unpaired) electrons. The van der Waals surface area contributed by atoms with Gasteiger partial charge in [-0.3, -0.25) is 0 Å². The van der Waals surface area contributed by atoms with Gasteiger partial charge in [-0.05, 0) is 100 Å². The van der Waals surface area contributed by atoms with Gasteiger partial charge in [0.2, 0.25) is 0 Å². The molecule has 0 atom stereocenters. The van der Waals surface area contributed by atoms with Crippen LogP contribution in [0.15, 0.2) is 167 Å². The molecular formula is C44H26S. The molecular weight excluding hydrogens is 561 g/mol. The monoisotopic (exact) mass is 591 g/mol. The third-order valence-corrected chi connectivity index (χ3v) is 10.5. The molecule has 45 heavy (non-hydrogen) atoms. The molecule has 0 aliphatic carbocycles. The molecule has 1 heterocycles. The maximum absolute atomic E-state index is 8.69. The van der Waals surface area contributed by atoms with Crippen molar-refractivity contribution in [1.29, 1.82) is 0 Å². The average molecular weight is 592 g/mol. The summed E-state index contributed by atoms with van der Waals surface area (Å²) < 4.78 is 42.1. The standard InChI is InChI=1S/C44H26S/c1-2-8-27(9-3-1)32-20-16-28-19-23-39-33(21-17-29-18-22-38(32)42(28)43(29)39)30-10-6-11-31(26-30)34-24-25-41-44-36(34)13-7-14-37(44)35-12-4-5-15-40(35)45-41/h1-26H/i1D,2D,3D,8D,9D. The molecule has 0 saturated carbocycles. The van der Waals surface area contributed by atoms with Crippen molar-refractivity contribution in [3.63, 3.8) is 0 Å². The lowest BCUT2D eigenvalue weighted by atomic mass is 9.86. The molecule has 1 heteroatoms. The van der Waals surface area contributed by atoms with Gasteiger partial charge < -0.3 is 0 Å². The molecule has 208 valence electrons. The Kier molecular flexibility index (Phi) is 4.37. The molecule has 0 unspecified atom stereocenters. The zero-order valence-electron chi connectivity index (χ0n) is 29.0. The van der Waals surface area contributed by atoms with Crippen molar-refractivity contribution in [2.45, 2.75) is 9.79 Å². The van der Waals surface area contributed by atoms with Crippen molar-refractivity contribution in [3.05, 3.63) is 158 Å². The SMILES string of the molecule is [2H]c1c([2H])c([2H])c(-c2ccc3ccc4c(-c5cccc(-c6ccc7c8c(cccc68)-c6ccccc6S7)c5)ccc5ccc2c3c54)c([2H])c1[2H]. The predicted octanol–water partition coefficient (Wildman–Crippen LogP) is 12.9. The van der Waals surface area contributed by atoms with Crippen LogP contribution in [0.5, 0.6) is 0 Å². The van der Waals surface area contributed by atoms with E-state index in [9.17, 15) is 0 Å². The van der Waals surface area contributed by atoms with Gasteiger partial charge in [-0.2, -0.15) is 0 Å². The highest BCUT2D eigenvalue weighted by Gasteiger charge is 2.21. The molecule has 0 saturated heterocycles. The molecule has 0 amide bonds. The predicted molar refractivity (Wildman–Crippen MR) is 194 cm³/mol. The van der Waals surface area contributed by atoms with Gasteiger partial charge in [0.1, 0.15) is 0 Å². The van der Waals surface area contributed by atoms with Crippen LogP contribution in [0.4, 0.5) is 0 Å². The summed E-state index contributed by atoms with van der Waals surface area (Å²) in [6.45, 7) is 0. The summed E-state index contributed by atoms with van der Waals surface area (Å²) in [5, 5.41) is 8.81. The van der Waals surface area contributed by atoms with Crippen LogP contribution in [-0.4, -0.2) is 0 Å². The second kappa shape index (κ2) is 9.56. The van der Waals surface area contributed by atoms with Crippen molar-refractivity contribution >= 4 is 54.9 Å². The lowest BCUT2D eigenvalue weighted by Crippen LogP contribution is -1.94. The minimum absolute atomic E-state index is 0.190. The quantitative estimate of drug-likeness (QED) is 0.184. The average Bonchev–Trinajstić information content (AvgIpc) is 3.16. The molecule has 1 aliphatic heterocycles. The maximum Gasteiger partial charge on any atom is 0.0629 e. The van der Waals surface area contributed by atoms with Gasteiger partial charge in [-0.15, -0.1) is 0 Å². The number of hydrogen-bond donors (Lipinski definition) is 0. The minimum Gasteiger partial charge on any atom is -0.0888 e. The Bertz CT molecular complexity index is 2880. The van der Waals surface area contributed by atoms with E-state index in [2.05, 4.69) is 109 Å². The van der Waals surface area contributed by atoms with Crippen LogP contribution in [0.1, 0.15) is 6.85 Å². The van der Waals surface area contributed by atoms with Crippen molar-refractivity contribution in [1.82, 2.24) is 0 Å². The summed E-state index contributed by atoms with van der Waals surface area (Å²) in [4.78, 5) is 2.57. The Morgan fingerprint density at radius 3 is 1.69 bits per heavy atom. The topological polar surface area (TPSA) is 0 Å². The zero-order chi connectivity index (χ0) is 33.8. The number of hydrogen-bond acceptors (Lipinski definition) is 1.